The van der Waals surface area contributed by atoms with Crippen LogP contribution in [0.1, 0.15) is 5.56 Å². The van der Waals surface area contributed by atoms with E-state index in [4.69, 9.17) is 5.84 Å². The summed E-state index contributed by atoms with van der Waals surface area (Å²) in [5.41, 5.74) is 8.00. The van der Waals surface area contributed by atoms with Gasteiger partial charge in [0.2, 0.25) is 0 Å². The van der Waals surface area contributed by atoms with Crippen molar-refractivity contribution in [3.63, 3.8) is 0 Å². The zero-order valence-corrected chi connectivity index (χ0v) is 6.99. The van der Waals surface area contributed by atoms with Crippen molar-refractivity contribution in [1.82, 2.24) is 5.43 Å². The van der Waals surface area contributed by atoms with Gasteiger partial charge in [-0.3, -0.25) is 10.9 Å². The minimum atomic E-state index is 0.608. The van der Waals surface area contributed by atoms with Gasteiger partial charge in [0.15, 0.2) is 5.84 Å². The molecule has 0 aromatic heterocycles. The van der Waals surface area contributed by atoms with Crippen LogP contribution >= 0.6 is 0 Å². The minimum Gasteiger partial charge on any atom is -0.321 e. The molecule has 0 saturated heterocycles. The number of anilines is 1. The average molecular weight is 174 g/mol. The monoisotopic (exact) mass is 174 g/mol. The van der Waals surface area contributed by atoms with E-state index in [1.165, 1.54) is 0 Å². The quantitative estimate of drug-likeness (QED) is 0.404. The van der Waals surface area contributed by atoms with Gasteiger partial charge in [-0.25, -0.2) is 0 Å². The Morgan fingerprint density at radius 3 is 2.77 bits per heavy atom. The molecule has 4 heteroatoms. The van der Waals surface area contributed by atoms with E-state index < -0.39 is 0 Å². The van der Waals surface area contributed by atoms with Crippen LogP contribution in [0.5, 0.6) is 0 Å². The summed E-state index contributed by atoms with van der Waals surface area (Å²) >= 11 is 0. The van der Waals surface area contributed by atoms with E-state index in [9.17, 15) is 0 Å². The average Bonchev–Trinajstić information content (AvgIpc) is 2.39. The van der Waals surface area contributed by atoms with Gasteiger partial charge in [-0.2, -0.15) is 5.10 Å². The van der Waals surface area contributed by atoms with E-state index in [-0.39, 0.29) is 0 Å². The molecule has 0 atom stereocenters. The molecule has 1 aliphatic rings. The Hall–Kier alpha value is -1.97. The summed E-state index contributed by atoms with van der Waals surface area (Å²) in [4.78, 5) is 0. The van der Waals surface area contributed by atoms with E-state index in [1.807, 2.05) is 36.4 Å². The maximum Gasteiger partial charge on any atom is 0.164 e. The van der Waals surface area contributed by atoms with Gasteiger partial charge in [0.05, 0.1) is 5.69 Å². The smallest absolute Gasteiger partial charge is 0.164 e. The number of benzene rings is 1. The number of nitrogens with one attached hydrogen (secondary N) is 2. The predicted octanol–water partition coefficient (Wildman–Crippen LogP) is 0.902. The Bertz CT molecular complexity index is 368. The largest absolute Gasteiger partial charge is 0.321 e. The number of rotatable bonds is 0. The molecule has 1 aromatic rings. The Kier molecular flexibility index (Phi) is 1.88. The first kappa shape index (κ1) is 7.67. The first-order valence-electron chi connectivity index (χ1n) is 3.97. The van der Waals surface area contributed by atoms with Crippen LogP contribution in [0, 0.1) is 0 Å². The number of hydrogen-bond donors (Lipinski definition) is 3. The van der Waals surface area contributed by atoms with Crippen molar-refractivity contribution in [2.24, 2.45) is 10.9 Å². The number of para-hydroxylation sites is 1. The van der Waals surface area contributed by atoms with Crippen LogP contribution < -0.4 is 16.7 Å². The van der Waals surface area contributed by atoms with E-state index in [2.05, 4.69) is 16.0 Å². The van der Waals surface area contributed by atoms with Crippen LogP contribution in [0.2, 0.25) is 0 Å². The van der Waals surface area contributed by atoms with Gasteiger partial charge in [-0.1, -0.05) is 18.2 Å². The lowest BCUT2D eigenvalue weighted by Gasteiger charge is -2.07. The van der Waals surface area contributed by atoms with Crippen molar-refractivity contribution in [2.75, 3.05) is 5.43 Å². The number of hydrazone groups is 1. The lowest BCUT2D eigenvalue weighted by molar-refractivity contribution is 1.09. The highest BCUT2D eigenvalue weighted by Crippen LogP contribution is 2.16. The molecule has 0 spiro atoms. The number of hydrazine groups is 1. The number of hydrogen-bond acceptors (Lipinski definition) is 3. The number of fused-ring (bicyclic) bond motifs is 1. The van der Waals surface area contributed by atoms with Crippen molar-refractivity contribution in [1.29, 1.82) is 0 Å². The minimum absolute atomic E-state index is 0.608. The second-order valence-electron chi connectivity index (χ2n) is 2.68. The SMILES string of the molecule is N/N=C1/C=Cc2ccccc2NN1. The number of amidine groups is 1. The fourth-order valence-electron chi connectivity index (χ4n) is 1.17. The molecule has 0 fully saturated rings. The van der Waals surface area contributed by atoms with Gasteiger partial charge >= 0.3 is 0 Å². The van der Waals surface area contributed by atoms with Crippen LogP contribution in [0.3, 0.4) is 0 Å². The second-order valence-corrected chi connectivity index (χ2v) is 2.68. The van der Waals surface area contributed by atoms with Crippen molar-refractivity contribution in [2.45, 2.75) is 0 Å². The number of nitrogens with zero attached hydrogens (tertiary/aromatic N) is 1. The van der Waals surface area contributed by atoms with Crippen LogP contribution in [0.15, 0.2) is 35.4 Å². The maximum absolute atomic E-state index is 5.14. The van der Waals surface area contributed by atoms with E-state index in [0.29, 0.717) is 5.84 Å². The zero-order valence-electron chi connectivity index (χ0n) is 6.99. The van der Waals surface area contributed by atoms with Crippen molar-refractivity contribution in [3.8, 4) is 0 Å². The molecule has 0 aliphatic carbocycles. The molecule has 0 amide bonds. The topological polar surface area (TPSA) is 62.4 Å². The highest BCUT2D eigenvalue weighted by Gasteiger charge is 2.02. The van der Waals surface area contributed by atoms with E-state index in [1.54, 1.807) is 0 Å². The van der Waals surface area contributed by atoms with Crippen LogP contribution in [0.4, 0.5) is 5.69 Å². The summed E-state index contributed by atoms with van der Waals surface area (Å²) in [7, 11) is 0. The van der Waals surface area contributed by atoms with Crippen LogP contribution in [-0.4, -0.2) is 5.84 Å². The zero-order chi connectivity index (χ0) is 9.10. The third kappa shape index (κ3) is 1.46. The first-order valence-corrected chi connectivity index (χ1v) is 3.97. The normalized spacial score (nSPS) is 17.1. The summed E-state index contributed by atoms with van der Waals surface area (Å²) in [6, 6.07) is 7.94. The van der Waals surface area contributed by atoms with Gasteiger partial charge in [-0.15, -0.1) is 0 Å². The Morgan fingerprint density at radius 1 is 1.08 bits per heavy atom. The Labute approximate surface area is 76.1 Å². The van der Waals surface area contributed by atoms with Gasteiger partial charge in [-0.05, 0) is 23.8 Å². The third-order valence-corrected chi connectivity index (χ3v) is 1.85. The number of nitrogens with two attached hydrogens (primary N) is 1. The Balaban J connectivity index is 2.39. The third-order valence-electron chi connectivity index (χ3n) is 1.85. The van der Waals surface area contributed by atoms with E-state index >= 15 is 0 Å². The van der Waals surface area contributed by atoms with Gasteiger partial charge in [0.25, 0.3) is 0 Å². The predicted molar refractivity (Wildman–Crippen MR) is 53.9 cm³/mol. The molecule has 0 radical (unpaired) electrons. The van der Waals surface area contributed by atoms with Crippen LogP contribution in [-0.2, 0) is 0 Å². The summed E-state index contributed by atoms with van der Waals surface area (Å²) in [6.45, 7) is 0. The molecule has 1 aliphatic heterocycles. The summed E-state index contributed by atoms with van der Waals surface area (Å²) in [6.07, 6.45) is 3.77. The fraction of sp³-hybridized carbons (Fsp3) is 0. The molecule has 4 nitrogen and oxygen atoms in total. The molecule has 4 N–H and O–H groups in total. The molecule has 1 aromatic carbocycles. The first-order chi connectivity index (χ1) is 6.40. The van der Waals surface area contributed by atoms with Crippen molar-refractivity contribution >= 4 is 17.6 Å². The molecule has 66 valence electrons. The summed E-state index contributed by atoms with van der Waals surface area (Å²) in [5.74, 6) is 5.75. The van der Waals surface area contributed by atoms with Gasteiger partial charge in [0.1, 0.15) is 0 Å². The highest BCUT2D eigenvalue weighted by molar-refractivity contribution is 5.99. The Morgan fingerprint density at radius 2 is 1.92 bits per heavy atom. The molecule has 0 saturated carbocycles. The van der Waals surface area contributed by atoms with Crippen molar-refractivity contribution < 1.29 is 0 Å². The molecule has 0 unspecified atom stereocenters. The van der Waals surface area contributed by atoms with Crippen LogP contribution in [0.25, 0.3) is 6.08 Å². The highest BCUT2D eigenvalue weighted by atomic mass is 15.4. The second kappa shape index (κ2) is 3.18. The van der Waals surface area contributed by atoms with Gasteiger partial charge < -0.3 is 5.84 Å². The van der Waals surface area contributed by atoms with Crippen molar-refractivity contribution in [3.05, 3.63) is 35.9 Å². The molecule has 13 heavy (non-hydrogen) atoms. The summed E-state index contributed by atoms with van der Waals surface area (Å²) in [5, 5.41) is 3.55. The lowest BCUT2D eigenvalue weighted by atomic mass is 10.2. The van der Waals surface area contributed by atoms with Gasteiger partial charge in [0, 0.05) is 0 Å². The molecule has 2 rings (SSSR count). The lowest BCUT2D eigenvalue weighted by Crippen LogP contribution is -2.27. The molecular formula is C9H10N4. The molecule has 1 heterocycles. The maximum atomic E-state index is 5.14. The van der Waals surface area contributed by atoms with E-state index in [0.717, 1.165) is 11.3 Å². The molecular weight excluding hydrogens is 164 g/mol. The standard InChI is InChI=1S/C9H10N4/c10-11-9-6-5-7-3-1-2-4-8(7)12-13-9/h1-6,12H,10H2,(H,11,13). The fourth-order valence-corrected chi connectivity index (χ4v) is 1.17. The molecule has 0 bridgehead atoms. The summed E-state index contributed by atoms with van der Waals surface area (Å²) < 4.78 is 0.